The molecular weight excluding hydrogens is 168 g/mol. The highest BCUT2D eigenvalue weighted by atomic mass is 16.5. The molecule has 0 saturated carbocycles. The molecule has 1 aromatic rings. The summed E-state index contributed by atoms with van der Waals surface area (Å²) in [6, 6.07) is 7.20. The average Bonchev–Trinajstić information content (AvgIpc) is 2.55. The number of hydrogen-bond acceptors (Lipinski definition) is 3. The van der Waals surface area contributed by atoms with E-state index in [9.17, 15) is 9.59 Å². The number of carbonyl (C=O) groups excluding carboxylic acids is 2. The summed E-state index contributed by atoms with van der Waals surface area (Å²) >= 11 is 0. The highest BCUT2D eigenvalue weighted by Crippen LogP contribution is 2.35. The minimum atomic E-state index is -0.644. The summed E-state index contributed by atoms with van der Waals surface area (Å²) in [4.78, 5) is 21.3. The van der Waals surface area contributed by atoms with E-state index in [1.165, 1.54) is 0 Å². The van der Waals surface area contributed by atoms with Crippen LogP contribution in [0.3, 0.4) is 0 Å². The summed E-state index contributed by atoms with van der Waals surface area (Å²) in [6.07, 6.45) is 0.777. The topological polar surface area (TPSA) is 43.4 Å². The van der Waals surface area contributed by atoms with Crippen LogP contribution in [0.2, 0.25) is 0 Å². The molecule has 0 aliphatic carbocycles. The predicted molar refractivity (Wildman–Crippen MR) is 45.7 cm³/mol. The van der Waals surface area contributed by atoms with Crippen LogP contribution in [-0.4, -0.2) is 18.7 Å². The van der Waals surface area contributed by atoms with Crippen molar-refractivity contribution < 1.29 is 14.3 Å². The zero-order valence-corrected chi connectivity index (χ0v) is 6.84. The van der Waals surface area contributed by atoms with Crippen molar-refractivity contribution in [2.75, 3.05) is 0 Å². The third-order valence-electron chi connectivity index (χ3n) is 2.18. The van der Waals surface area contributed by atoms with Crippen molar-refractivity contribution in [2.24, 2.45) is 0 Å². The van der Waals surface area contributed by atoms with E-state index in [4.69, 9.17) is 4.74 Å². The first-order chi connectivity index (χ1) is 6.36. The van der Waals surface area contributed by atoms with Gasteiger partial charge in [0.2, 0.25) is 0 Å². The van der Waals surface area contributed by atoms with Crippen LogP contribution in [-0.2, 0) is 9.59 Å². The fourth-order valence-corrected chi connectivity index (χ4v) is 1.52. The molecule has 2 rings (SSSR count). The molecule has 3 nitrogen and oxygen atoms in total. The van der Waals surface area contributed by atoms with E-state index in [0.29, 0.717) is 12.0 Å². The minimum absolute atomic E-state index is 0.436. The van der Waals surface area contributed by atoms with Gasteiger partial charge in [-0.05, 0) is 6.07 Å². The van der Waals surface area contributed by atoms with Crippen LogP contribution in [0, 0.1) is 0 Å². The van der Waals surface area contributed by atoms with E-state index in [2.05, 4.69) is 0 Å². The van der Waals surface area contributed by atoms with E-state index in [-0.39, 0.29) is 0 Å². The molecule has 1 aliphatic rings. The van der Waals surface area contributed by atoms with Gasteiger partial charge in [0, 0.05) is 5.56 Å². The second kappa shape index (κ2) is 3.01. The van der Waals surface area contributed by atoms with Gasteiger partial charge in [-0.25, -0.2) is 0 Å². The van der Waals surface area contributed by atoms with E-state index in [1.54, 1.807) is 12.1 Å². The van der Waals surface area contributed by atoms with Gasteiger partial charge < -0.3 is 9.53 Å². The normalized spacial score (nSPS) is 24.6. The molecule has 13 heavy (non-hydrogen) atoms. The lowest BCUT2D eigenvalue weighted by Gasteiger charge is -2.04. The molecule has 0 aromatic heterocycles. The maximum absolute atomic E-state index is 10.7. The Morgan fingerprint density at radius 1 is 1.15 bits per heavy atom. The number of ether oxygens (including phenoxy) is 1. The number of hydrogen-bond donors (Lipinski definition) is 0. The van der Waals surface area contributed by atoms with Crippen molar-refractivity contribution in [2.45, 2.75) is 12.0 Å². The van der Waals surface area contributed by atoms with Crippen molar-refractivity contribution >= 4 is 12.6 Å². The van der Waals surface area contributed by atoms with Crippen LogP contribution < -0.4 is 4.74 Å². The number of para-hydroxylation sites is 1. The summed E-state index contributed by atoms with van der Waals surface area (Å²) in [7, 11) is 0. The van der Waals surface area contributed by atoms with E-state index in [1.807, 2.05) is 12.1 Å². The summed E-state index contributed by atoms with van der Waals surface area (Å²) in [5.74, 6) is 0.199. The van der Waals surface area contributed by atoms with Gasteiger partial charge in [0.25, 0.3) is 0 Å². The third kappa shape index (κ3) is 1.13. The lowest BCUT2D eigenvalue weighted by atomic mass is 9.98. The summed E-state index contributed by atoms with van der Waals surface area (Å²) in [6.45, 7) is 0. The molecule has 3 heteroatoms. The molecule has 0 amide bonds. The van der Waals surface area contributed by atoms with E-state index in [0.717, 1.165) is 11.8 Å². The third-order valence-corrected chi connectivity index (χ3v) is 2.18. The van der Waals surface area contributed by atoms with Crippen LogP contribution in [0.25, 0.3) is 0 Å². The average molecular weight is 176 g/mol. The van der Waals surface area contributed by atoms with Gasteiger partial charge in [0.05, 0.1) is 5.92 Å². The fourth-order valence-electron chi connectivity index (χ4n) is 1.52. The predicted octanol–water partition coefficient (Wildman–Crippen LogP) is 0.929. The Bertz CT molecular complexity index is 346. The van der Waals surface area contributed by atoms with Gasteiger partial charge in [0.1, 0.15) is 12.0 Å². The molecule has 0 saturated heterocycles. The molecule has 2 unspecified atom stereocenters. The molecule has 0 fully saturated rings. The largest absolute Gasteiger partial charge is 0.482 e. The zero-order valence-electron chi connectivity index (χ0n) is 6.84. The molecule has 66 valence electrons. The minimum Gasteiger partial charge on any atom is -0.482 e. The monoisotopic (exact) mass is 176 g/mol. The Kier molecular flexibility index (Phi) is 1.85. The lowest BCUT2D eigenvalue weighted by molar-refractivity contribution is -0.118. The highest BCUT2D eigenvalue weighted by molar-refractivity contribution is 5.76. The maximum Gasteiger partial charge on any atom is 0.167 e. The first kappa shape index (κ1) is 7.98. The standard InChI is InChI=1S/C10H8O3/c11-5-8-7-3-1-2-4-9(7)13-10(8)6-12/h1-6,8,10H. The van der Waals surface area contributed by atoms with Gasteiger partial charge in [0.15, 0.2) is 12.4 Å². The number of rotatable bonds is 2. The van der Waals surface area contributed by atoms with Crippen LogP contribution in [0.15, 0.2) is 24.3 Å². The van der Waals surface area contributed by atoms with Crippen molar-refractivity contribution in [1.29, 1.82) is 0 Å². The molecule has 1 aliphatic heterocycles. The fraction of sp³-hybridized carbons (Fsp3) is 0.200. The molecule has 0 radical (unpaired) electrons. The number of aldehydes is 2. The number of carbonyl (C=O) groups is 2. The molecule has 1 aromatic carbocycles. The van der Waals surface area contributed by atoms with Gasteiger partial charge in [-0.15, -0.1) is 0 Å². The Labute approximate surface area is 75.3 Å². The Morgan fingerprint density at radius 3 is 2.62 bits per heavy atom. The van der Waals surface area contributed by atoms with Crippen LogP contribution in [0.4, 0.5) is 0 Å². The number of benzene rings is 1. The van der Waals surface area contributed by atoms with Crippen LogP contribution in [0.5, 0.6) is 5.75 Å². The summed E-state index contributed by atoms with van der Waals surface area (Å²) < 4.78 is 5.26. The summed E-state index contributed by atoms with van der Waals surface area (Å²) in [5, 5.41) is 0. The Balaban J connectivity index is 2.45. The maximum atomic E-state index is 10.7. The molecule has 0 spiro atoms. The Hall–Kier alpha value is -1.64. The highest BCUT2D eigenvalue weighted by Gasteiger charge is 2.33. The molecule has 1 heterocycles. The van der Waals surface area contributed by atoms with E-state index < -0.39 is 12.0 Å². The smallest absolute Gasteiger partial charge is 0.167 e. The van der Waals surface area contributed by atoms with Gasteiger partial charge in [-0.1, -0.05) is 18.2 Å². The van der Waals surface area contributed by atoms with Gasteiger partial charge in [-0.3, -0.25) is 4.79 Å². The first-order valence-electron chi connectivity index (χ1n) is 4.03. The zero-order chi connectivity index (χ0) is 9.26. The number of fused-ring (bicyclic) bond motifs is 1. The molecule has 0 N–H and O–H groups in total. The second-order valence-corrected chi connectivity index (χ2v) is 2.92. The van der Waals surface area contributed by atoms with Crippen LogP contribution >= 0.6 is 0 Å². The first-order valence-corrected chi connectivity index (χ1v) is 4.03. The van der Waals surface area contributed by atoms with Crippen molar-refractivity contribution in [3.05, 3.63) is 29.8 Å². The SMILES string of the molecule is O=CC1Oc2ccccc2C1C=O. The second-order valence-electron chi connectivity index (χ2n) is 2.92. The molecule has 0 bridgehead atoms. The van der Waals surface area contributed by atoms with Crippen molar-refractivity contribution in [1.82, 2.24) is 0 Å². The Morgan fingerprint density at radius 2 is 1.92 bits per heavy atom. The molecular formula is C10H8O3. The van der Waals surface area contributed by atoms with E-state index >= 15 is 0 Å². The van der Waals surface area contributed by atoms with Gasteiger partial charge >= 0.3 is 0 Å². The lowest BCUT2D eigenvalue weighted by Crippen LogP contribution is -2.20. The van der Waals surface area contributed by atoms with Crippen molar-refractivity contribution in [3.63, 3.8) is 0 Å². The quantitative estimate of drug-likeness (QED) is 0.629. The van der Waals surface area contributed by atoms with Crippen molar-refractivity contribution in [3.8, 4) is 5.75 Å². The molecule has 2 atom stereocenters. The van der Waals surface area contributed by atoms with Gasteiger partial charge in [-0.2, -0.15) is 0 Å². The van der Waals surface area contributed by atoms with Crippen LogP contribution in [0.1, 0.15) is 11.5 Å². The summed E-state index contributed by atoms with van der Waals surface area (Å²) in [5.41, 5.74) is 0.801.